The fourth-order valence-electron chi connectivity index (χ4n) is 1.68. The van der Waals surface area contributed by atoms with Crippen molar-refractivity contribution < 1.29 is 4.92 Å². The Hall–Kier alpha value is -2.14. The van der Waals surface area contributed by atoms with E-state index in [1.165, 1.54) is 6.07 Å². The van der Waals surface area contributed by atoms with Gasteiger partial charge in [-0.1, -0.05) is 11.6 Å². The highest BCUT2D eigenvalue weighted by molar-refractivity contribution is 6.30. The summed E-state index contributed by atoms with van der Waals surface area (Å²) in [7, 11) is 0. The number of hydrogen-bond donors (Lipinski definition) is 1. The van der Waals surface area contributed by atoms with Crippen molar-refractivity contribution in [3.63, 3.8) is 0 Å². The summed E-state index contributed by atoms with van der Waals surface area (Å²) in [6.07, 6.45) is 3.45. The predicted octanol–water partition coefficient (Wildman–Crippen LogP) is 3.56. The predicted molar refractivity (Wildman–Crippen MR) is 74.4 cm³/mol. The number of benzene rings is 1. The van der Waals surface area contributed by atoms with Crippen molar-refractivity contribution in [1.82, 2.24) is 4.98 Å². The summed E-state index contributed by atoms with van der Waals surface area (Å²) in [6.45, 7) is 2.44. The van der Waals surface area contributed by atoms with Gasteiger partial charge in [-0.3, -0.25) is 15.1 Å². The number of rotatable bonds is 4. The zero-order chi connectivity index (χ0) is 13.8. The molecule has 1 N–H and O–H groups in total. The third-order valence-electron chi connectivity index (χ3n) is 2.77. The third kappa shape index (κ3) is 3.20. The summed E-state index contributed by atoms with van der Waals surface area (Å²) in [6, 6.07) is 6.45. The van der Waals surface area contributed by atoms with Gasteiger partial charge in [0.05, 0.1) is 4.92 Å². The normalized spacial score (nSPS) is 10.2. The van der Waals surface area contributed by atoms with E-state index in [1.807, 2.05) is 13.0 Å². The Labute approximate surface area is 115 Å². The molecule has 0 aliphatic heterocycles. The molecular formula is C13H12ClN3O2. The van der Waals surface area contributed by atoms with Crippen LogP contribution in [0.25, 0.3) is 0 Å². The average Bonchev–Trinajstić information content (AvgIpc) is 2.38. The van der Waals surface area contributed by atoms with Crippen LogP contribution in [0.15, 0.2) is 36.7 Å². The summed E-state index contributed by atoms with van der Waals surface area (Å²) in [5.41, 5.74) is 2.48. The van der Waals surface area contributed by atoms with Gasteiger partial charge in [0.1, 0.15) is 5.69 Å². The Bertz CT molecular complexity index is 617. The number of nitro benzene ring substituents is 1. The van der Waals surface area contributed by atoms with Crippen molar-refractivity contribution >= 4 is 23.0 Å². The van der Waals surface area contributed by atoms with E-state index in [0.29, 0.717) is 17.3 Å². The van der Waals surface area contributed by atoms with Gasteiger partial charge >= 0.3 is 0 Å². The largest absolute Gasteiger partial charge is 0.375 e. The van der Waals surface area contributed by atoms with Crippen molar-refractivity contribution in [1.29, 1.82) is 0 Å². The standard InChI is InChI=1S/C13H12ClN3O2/c1-9-4-5-15-7-10(9)8-16-12-3-2-11(14)6-13(12)17(18)19/h2-7,16H,8H2,1H3. The van der Waals surface area contributed by atoms with E-state index in [0.717, 1.165) is 11.1 Å². The van der Waals surface area contributed by atoms with Crippen molar-refractivity contribution in [2.45, 2.75) is 13.5 Å². The second-order valence-electron chi connectivity index (χ2n) is 4.07. The summed E-state index contributed by atoms with van der Waals surface area (Å²) in [5, 5.41) is 14.3. The molecule has 1 heterocycles. The summed E-state index contributed by atoms with van der Waals surface area (Å²) >= 11 is 5.76. The average molecular weight is 278 g/mol. The van der Waals surface area contributed by atoms with Gasteiger partial charge in [0.15, 0.2) is 0 Å². The van der Waals surface area contributed by atoms with Gasteiger partial charge in [0, 0.05) is 30.0 Å². The van der Waals surface area contributed by atoms with E-state index < -0.39 is 4.92 Å². The molecule has 0 spiro atoms. The van der Waals surface area contributed by atoms with Crippen LogP contribution in [0.4, 0.5) is 11.4 Å². The molecule has 2 aromatic rings. The topological polar surface area (TPSA) is 68.1 Å². The van der Waals surface area contributed by atoms with E-state index >= 15 is 0 Å². The summed E-state index contributed by atoms with van der Waals surface area (Å²) in [4.78, 5) is 14.5. The van der Waals surface area contributed by atoms with Gasteiger partial charge in [0.2, 0.25) is 0 Å². The minimum absolute atomic E-state index is 0.0333. The number of anilines is 1. The number of hydrogen-bond acceptors (Lipinski definition) is 4. The van der Waals surface area contributed by atoms with Crippen LogP contribution in [-0.2, 0) is 6.54 Å². The molecule has 0 saturated heterocycles. The Balaban J connectivity index is 2.20. The van der Waals surface area contributed by atoms with Crippen LogP contribution in [-0.4, -0.2) is 9.91 Å². The first-order valence-electron chi connectivity index (χ1n) is 5.65. The molecule has 5 nitrogen and oxygen atoms in total. The molecule has 19 heavy (non-hydrogen) atoms. The van der Waals surface area contributed by atoms with Crippen LogP contribution in [0.3, 0.4) is 0 Å². The molecular weight excluding hydrogens is 266 g/mol. The second kappa shape index (κ2) is 5.67. The lowest BCUT2D eigenvalue weighted by Crippen LogP contribution is -2.04. The highest BCUT2D eigenvalue weighted by Gasteiger charge is 2.14. The smallest absolute Gasteiger partial charge is 0.293 e. The van der Waals surface area contributed by atoms with Crippen LogP contribution >= 0.6 is 11.6 Å². The number of aromatic nitrogens is 1. The number of pyridine rings is 1. The van der Waals surface area contributed by atoms with Gasteiger partial charge in [-0.2, -0.15) is 0 Å². The molecule has 0 aliphatic carbocycles. The molecule has 0 bridgehead atoms. The number of aryl methyl sites for hydroxylation is 1. The lowest BCUT2D eigenvalue weighted by molar-refractivity contribution is -0.383. The minimum atomic E-state index is -0.454. The van der Waals surface area contributed by atoms with Crippen LogP contribution in [0.1, 0.15) is 11.1 Å². The molecule has 0 atom stereocenters. The maximum atomic E-state index is 10.9. The fraction of sp³-hybridized carbons (Fsp3) is 0.154. The van der Waals surface area contributed by atoms with E-state index in [1.54, 1.807) is 24.5 Å². The maximum absolute atomic E-state index is 10.9. The Morgan fingerprint density at radius 2 is 2.21 bits per heavy atom. The van der Waals surface area contributed by atoms with Crippen LogP contribution in [0, 0.1) is 17.0 Å². The van der Waals surface area contributed by atoms with Crippen molar-refractivity contribution in [2.75, 3.05) is 5.32 Å². The van der Waals surface area contributed by atoms with E-state index in [-0.39, 0.29) is 5.69 Å². The lowest BCUT2D eigenvalue weighted by atomic mass is 10.1. The number of nitro groups is 1. The first-order chi connectivity index (χ1) is 9.08. The molecule has 1 aromatic carbocycles. The number of nitrogens with zero attached hydrogens (tertiary/aromatic N) is 2. The van der Waals surface area contributed by atoms with Gasteiger partial charge in [-0.15, -0.1) is 0 Å². The molecule has 2 rings (SSSR count). The Morgan fingerprint density at radius 3 is 2.89 bits per heavy atom. The zero-order valence-corrected chi connectivity index (χ0v) is 11.0. The molecule has 6 heteroatoms. The first kappa shape index (κ1) is 13.3. The van der Waals surface area contributed by atoms with E-state index in [9.17, 15) is 10.1 Å². The molecule has 0 amide bonds. The van der Waals surface area contributed by atoms with Gasteiger partial charge in [0.25, 0.3) is 5.69 Å². The van der Waals surface area contributed by atoms with Crippen molar-refractivity contribution in [3.8, 4) is 0 Å². The van der Waals surface area contributed by atoms with Crippen LogP contribution < -0.4 is 5.32 Å². The molecule has 0 saturated carbocycles. The number of halogens is 1. The SMILES string of the molecule is Cc1ccncc1CNc1ccc(Cl)cc1[N+](=O)[O-]. The Morgan fingerprint density at radius 1 is 1.42 bits per heavy atom. The highest BCUT2D eigenvalue weighted by Crippen LogP contribution is 2.28. The van der Waals surface area contributed by atoms with Crippen LogP contribution in [0.2, 0.25) is 5.02 Å². The molecule has 0 fully saturated rings. The highest BCUT2D eigenvalue weighted by atomic mass is 35.5. The van der Waals surface area contributed by atoms with Crippen molar-refractivity contribution in [2.24, 2.45) is 0 Å². The second-order valence-corrected chi connectivity index (χ2v) is 4.51. The van der Waals surface area contributed by atoms with E-state index in [2.05, 4.69) is 10.3 Å². The van der Waals surface area contributed by atoms with Crippen LogP contribution in [0.5, 0.6) is 0 Å². The zero-order valence-electron chi connectivity index (χ0n) is 10.3. The molecule has 98 valence electrons. The Kier molecular flexibility index (Phi) is 3.97. The summed E-state index contributed by atoms with van der Waals surface area (Å²) < 4.78 is 0. The number of nitrogens with one attached hydrogen (secondary N) is 1. The van der Waals surface area contributed by atoms with Gasteiger partial charge in [-0.05, 0) is 36.2 Å². The summed E-state index contributed by atoms with van der Waals surface area (Å²) in [5.74, 6) is 0. The quantitative estimate of drug-likeness (QED) is 0.685. The fourth-order valence-corrected chi connectivity index (χ4v) is 1.84. The molecule has 1 aromatic heterocycles. The van der Waals surface area contributed by atoms with Crippen molar-refractivity contribution in [3.05, 3.63) is 62.9 Å². The maximum Gasteiger partial charge on any atom is 0.293 e. The lowest BCUT2D eigenvalue weighted by Gasteiger charge is -2.09. The monoisotopic (exact) mass is 277 g/mol. The van der Waals surface area contributed by atoms with Gasteiger partial charge < -0.3 is 5.32 Å². The molecule has 0 unspecified atom stereocenters. The minimum Gasteiger partial charge on any atom is -0.375 e. The molecule has 0 radical (unpaired) electrons. The van der Waals surface area contributed by atoms with Gasteiger partial charge in [-0.25, -0.2) is 0 Å². The molecule has 0 aliphatic rings. The first-order valence-corrected chi connectivity index (χ1v) is 6.03. The third-order valence-corrected chi connectivity index (χ3v) is 3.01. The van der Waals surface area contributed by atoms with E-state index in [4.69, 9.17) is 11.6 Å².